The lowest BCUT2D eigenvalue weighted by Gasteiger charge is -2.17. The van der Waals surface area contributed by atoms with Gasteiger partial charge in [-0.25, -0.2) is 8.42 Å². The van der Waals surface area contributed by atoms with Gasteiger partial charge in [-0.15, -0.1) is 0 Å². The Balaban J connectivity index is 2.72. The predicted octanol–water partition coefficient (Wildman–Crippen LogP) is 1.32. The van der Waals surface area contributed by atoms with Gasteiger partial charge in [0, 0.05) is 32.0 Å². The first-order chi connectivity index (χ1) is 9.36. The summed E-state index contributed by atoms with van der Waals surface area (Å²) in [5.74, 6) is -0.195. The van der Waals surface area contributed by atoms with Gasteiger partial charge in [0.05, 0.1) is 4.90 Å². The van der Waals surface area contributed by atoms with Gasteiger partial charge in [-0.05, 0) is 37.5 Å². The average molecular weight is 299 g/mol. The SMILES string of the molecule is CN(CCCCCO)C(=O)c1cccc(S(C)(=O)=O)c1. The van der Waals surface area contributed by atoms with E-state index >= 15 is 0 Å². The molecule has 20 heavy (non-hydrogen) atoms. The molecule has 1 aromatic carbocycles. The predicted molar refractivity (Wildman–Crippen MR) is 77.4 cm³/mol. The van der Waals surface area contributed by atoms with Crippen molar-refractivity contribution in [2.24, 2.45) is 0 Å². The number of aliphatic hydroxyl groups is 1. The van der Waals surface area contributed by atoms with Crippen LogP contribution in [-0.2, 0) is 9.84 Å². The molecule has 0 aliphatic heterocycles. The highest BCUT2D eigenvalue weighted by atomic mass is 32.2. The highest BCUT2D eigenvalue weighted by Crippen LogP contribution is 2.13. The van der Waals surface area contributed by atoms with Crippen LogP contribution in [-0.4, -0.2) is 50.8 Å². The first-order valence-electron chi connectivity index (χ1n) is 6.52. The molecule has 0 radical (unpaired) electrons. The van der Waals surface area contributed by atoms with E-state index in [4.69, 9.17) is 5.11 Å². The fourth-order valence-corrected chi connectivity index (χ4v) is 2.49. The largest absolute Gasteiger partial charge is 0.396 e. The van der Waals surface area contributed by atoms with Gasteiger partial charge in [0.15, 0.2) is 9.84 Å². The minimum absolute atomic E-state index is 0.150. The Bertz CT molecular complexity index is 554. The molecule has 1 amide bonds. The maximum Gasteiger partial charge on any atom is 0.253 e. The molecule has 0 unspecified atom stereocenters. The van der Waals surface area contributed by atoms with Crippen LogP contribution in [0.5, 0.6) is 0 Å². The topological polar surface area (TPSA) is 74.7 Å². The summed E-state index contributed by atoms with van der Waals surface area (Å²) in [6, 6.07) is 6.07. The summed E-state index contributed by atoms with van der Waals surface area (Å²) in [6.07, 6.45) is 3.52. The number of sulfone groups is 1. The van der Waals surface area contributed by atoms with Crippen molar-refractivity contribution in [1.29, 1.82) is 0 Å². The molecule has 0 aromatic heterocycles. The van der Waals surface area contributed by atoms with E-state index in [-0.39, 0.29) is 17.4 Å². The van der Waals surface area contributed by atoms with Crippen LogP contribution in [0.2, 0.25) is 0 Å². The van der Waals surface area contributed by atoms with Gasteiger partial charge < -0.3 is 10.0 Å². The lowest BCUT2D eigenvalue weighted by molar-refractivity contribution is 0.0792. The lowest BCUT2D eigenvalue weighted by Crippen LogP contribution is -2.27. The van der Waals surface area contributed by atoms with Gasteiger partial charge in [-0.3, -0.25) is 4.79 Å². The van der Waals surface area contributed by atoms with Crippen molar-refractivity contribution in [3.05, 3.63) is 29.8 Å². The van der Waals surface area contributed by atoms with E-state index < -0.39 is 9.84 Å². The highest BCUT2D eigenvalue weighted by Gasteiger charge is 2.14. The Morgan fingerprint density at radius 2 is 1.95 bits per heavy atom. The van der Waals surface area contributed by atoms with E-state index in [2.05, 4.69) is 0 Å². The summed E-state index contributed by atoms with van der Waals surface area (Å²) in [4.78, 5) is 13.9. The van der Waals surface area contributed by atoms with Crippen molar-refractivity contribution in [3.63, 3.8) is 0 Å². The molecular formula is C14H21NO4S. The molecule has 112 valence electrons. The Morgan fingerprint density at radius 1 is 1.25 bits per heavy atom. The van der Waals surface area contributed by atoms with E-state index in [1.165, 1.54) is 12.1 Å². The second kappa shape index (κ2) is 7.40. The second-order valence-corrected chi connectivity index (χ2v) is 6.83. The number of hydrogen-bond donors (Lipinski definition) is 1. The van der Waals surface area contributed by atoms with Crippen LogP contribution in [0.25, 0.3) is 0 Å². The molecule has 1 N–H and O–H groups in total. The summed E-state index contributed by atoms with van der Waals surface area (Å²) >= 11 is 0. The third-order valence-corrected chi connectivity index (χ3v) is 4.12. The molecule has 0 spiro atoms. The summed E-state index contributed by atoms with van der Waals surface area (Å²) < 4.78 is 22.9. The van der Waals surface area contributed by atoms with Crippen LogP contribution in [0, 0.1) is 0 Å². The average Bonchev–Trinajstić information content (AvgIpc) is 2.42. The summed E-state index contributed by atoms with van der Waals surface area (Å²) in [6.45, 7) is 0.746. The van der Waals surface area contributed by atoms with Gasteiger partial charge in [0.25, 0.3) is 5.91 Å². The number of rotatable bonds is 7. The molecule has 0 bridgehead atoms. The van der Waals surface area contributed by atoms with E-state index in [1.807, 2.05) is 0 Å². The van der Waals surface area contributed by atoms with Gasteiger partial charge in [0.1, 0.15) is 0 Å². The first kappa shape index (κ1) is 16.7. The lowest BCUT2D eigenvalue weighted by atomic mass is 10.2. The summed E-state index contributed by atoms with van der Waals surface area (Å²) in [5, 5.41) is 8.69. The fraction of sp³-hybridized carbons (Fsp3) is 0.500. The zero-order valence-corrected chi connectivity index (χ0v) is 12.7. The van der Waals surface area contributed by atoms with Crippen LogP contribution in [0.15, 0.2) is 29.2 Å². The van der Waals surface area contributed by atoms with Crippen LogP contribution in [0.1, 0.15) is 29.6 Å². The van der Waals surface area contributed by atoms with E-state index in [0.717, 1.165) is 25.5 Å². The molecule has 1 rings (SSSR count). The van der Waals surface area contributed by atoms with E-state index in [0.29, 0.717) is 12.1 Å². The summed E-state index contributed by atoms with van der Waals surface area (Å²) in [5.41, 5.74) is 0.373. The third-order valence-electron chi connectivity index (χ3n) is 3.01. The van der Waals surface area contributed by atoms with Crippen LogP contribution >= 0.6 is 0 Å². The number of aliphatic hydroxyl groups excluding tert-OH is 1. The number of amides is 1. The molecule has 0 aliphatic rings. The van der Waals surface area contributed by atoms with Gasteiger partial charge in [-0.2, -0.15) is 0 Å². The Kier molecular flexibility index (Phi) is 6.16. The van der Waals surface area contributed by atoms with Crippen LogP contribution in [0.3, 0.4) is 0 Å². The van der Waals surface area contributed by atoms with Crippen molar-refractivity contribution >= 4 is 15.7 Å². The highest BCUT2D eigenvalue weighted by molar-refractivity contribution is 7.90. The van der Waals surface area contributed by atoms with E-state index in [9.17, 15) is 13.2 Å². The maximum absolute atomic E-state index is 12.2. The molecule has 0 atom stereocenters. The zero-order chi connectivity index (χ0) is 15.2. The molecule has 0 saturated heterocycles. The number of carbonyl (C=O) groups is 1. The number of hydrogen-bond acceptors (Lipinski definition) is 4. The zero-order valence-electron chi connectivity index (χ0n) is 11.9. The molecule has 1 aromatic rings. The number of benzene rings is 1. The first-order valence-corrected chi connectivity index (χ1v) is 8.42. The second-order valence-electron chi connectivity index (χ2n) is 4.81. The van der Waals surface area contributed by atoms with Crippen molar-refractivity contribution in [1.82, 2.24) is 4.90 Å². The Labute approximate surface area is 120 Å². The molecular weight excluding hydrogens is 278 g/mol. The molecule has 0 heterocycles. The minimum atomic E-state index is -3.31. The molecule has 6 heteroatoms. The molecule has 0 saturated carbocycles. The van der Waals surface area contributed by atoms with Crippen molar-refractivity contribution < 1.29 is 18.3 Å². The Morgan fingerprint density at radius 3 is 2.55 bits per heavy atom. The smallest absolute Gasteiger partial charge is 0.253 e. The summed E-state index contributed by atoms with van der Waals surface area (Å²) in [7, 11) is -1.62. The van der Waals surface area contributed by atoms with Crippen molar-refractivity contribution in [2.75, 3.05) is 26.5 Å². The number of nitrogens with zero attached hydrogens (tertiary/aromatic N) is 1. The number of unbranched alkanes of at least 4 members (excludes halogenated alkanes) is 2. The normalized spacial score (nSPS) is 11.3. The Hall–Kier alpha value is -1.40. The van der Waals surface area contributed by atoms with Gasteiger partial charge in [-0.1, -0.05) is 6.07 Å². The quantitative estimate of drug-likeness (QED) is 0.771. The molecule has 0 fully saturated rings. The van der Waals surface area contributed by atoms with Crippen LogP contribution < -0.4 is 0 Å². The van der Waals surface area contributed by atoms with Crippen molar-refractivity contribution in [3.8, 4) is 0 Å². The fourth-order valence-electron chi connectivity index (χ4n) is 1.82. The minimum Gasteiger partial charge on any atom is -0.396 e. The third kappa shape index (κ3) is 4.94. The molecule has 5 nitrogen and oxygen atoms in total. The monoisotopic (exact) mass is 299 g/mol. The van der Waals surface area contributed by atoms with Gasteiger partial charge >= 0.3 is 0 Å². The van der Waals surface area contributed by atoms with Crippen LogP contribution in [0.4, 0.5) is 0 Å². The standard InChI is InChI=1S/C14H21NO4S/c1-15(9-4-3-5-10-16)14(17)12-7-6-8-13(11-12)20(2,18)19/h6-8,11,16H,3-5,9-10H2,1-2H3. The van der Waals surface area contributed by atoms with Gasteiger partial charge in [0.2, 0.25) is 0 Å². The molecule has 0 aliphatic carbocycles. The maximum atomic E-state index is 12.2. The van der Waals surface area contributed by atoms with E-state index in [1.54, 1.807) is 24.1 Å². The number of carbonyl (C=O) groups excluding carboxylic acids is 1. The van der Waals surface area contributed by atoms with Crippen molar-refractivity contribution in [2.45, 2.75) is 24.2 Å².